The molecule has 4 aromatic carbocycles. The fraction of sp³-hybridized carbons (Fsp3) is 0.0400. The van der Waals surface area contributed by atoms with E-state index in [1.54, 1.807) is 7.11 Å². The first-order chi connectivity index (χ1) is 13.4. The van der Waals surface area contributed by atoms with Gasteiger partial charge in [-0.1, -0.05) is 0 Å². The van der Waals surface area contributed by atoms with E-state index < -0.39 is 18.8 Å². The van der Waals surface area contributed by atoms with Crippen molar-refractivity contribution in [2.45, 2.75) is 0 Å². The molecule has 1 nitrogen and oxygen atoms in total. The third kappa shape index (κ3) is 3.28. The van der Waals surface area contributed by atoms with Crippen molar-refractivity contribution in [3.8, 4) is 5.75 Å². The predicted molar refractivity (Wildman–Crippen MR) is 117 cm³/mol. The molecule has 0 aromatic heterocycles. The van der Waals surface area contributed by atoms with E-state index in [1.807, 2.05) is 0 Å². The van der Waals surface area contributed by atoms with Crippen molar-refractivity contribution in [1.82, 2.24) is 0 Å². The second-order valence-corrected chi connectivity index (χ2v) is 16.1. The standard InChI is InChI=1S/C7H7O.3C6H5.Sb/c1-8-7-5-3-2-4-6-7;3*1-2-4-6-5-3-1;/h3-6H,1H3;3*1-5H;. The summed E-state index contributed by atoms with van der Waals surface area (Å²) in [5.41, 5.74) is 0. The van der Waals surface area contributed by atoms with E-state index in [-0.39, 0.29) is 0 Å². The number of ether oxygens (including phenoxy) is 1. The first-order valence-corrected chi connectivity index (χ1v) is 14.2. The van der Waals surface area contributed by atoms with E-state index in [2.05, 4.69) is 115 Å². The first-order valence-electron chi connectivity index (χ1n) is 9.06. The number of benzene rings is 4. The summed E-state index contributed by atoms with van der Waals surface area (Å²) in [5.74, 6) is 0.895. The molecule has 27 heavy (non-hydrogen) atoms. The van der Waals surface area contributed by atoms with E-state index in [1.165, 1.54) is 14.0 Å². The average molecular weight is 460 g/mol. The number of methoxy groups -OCH3 is 1. The molecule has 0 aliphatic carbocycles. The Labute approximate surface area is 165 Å². The van der Waals surface area contributed by atoms with Crippen molar-refractivity contribution in [3.05, 3.63) is 115 Å². The molecule has 0 spiro atoms. The molecule has 0 atom stereocenters. The Kier molecular flexibility index (Phi) is 5.32. The average Bonchev–Trinajstić information content (AvgIpc) is 2.77. The van der Waals surface area contributed by atoms with Crippen LogP contribution in [-0.4, -0.2) is 25.9 Å². The van der Waals surface area contributed by atoms with E-state index >= 15 is 0 Å². The number of hydrogen-bond donors (Lipinski definition) is 0. The molecule has 4 rings (SSSR count). The molecule has 0 unspecified atom stereocenters. The zero-order chi connectivity index (χ0) is 18.5. The summed E-state index contributed by atoms with van der Waals surface area (Å²) in [6.45, 7) is 0. The molecule has 4 aromatic rings. The van der Waals surface area contributed by atoms with Crippen molar-refractivity contribution >= 4 is 32.8 Å². The molecule has 0 aliphatic heterocycles. The van der Waals surface area contributed by atoms with Crippen molar-refractivity contribution in [2.24, 2.45) is 0 Å². The van der Waals surface area contributed by atoms with E-state index in [4.69, 9.17) is 4.74 Å². The monoisotopic (exact) mass is 459 g/mol. The topological polar surface area (TPSA) is 9.23 Å². The molecule has 0 saturated carbocycles. The molecule has 133 valence electrons. The van der Waals surface area contributed by atoms with E-state index in [9.17, 15) is 0 Å². The third-order valence-electron chi connectivity index (χ3n) is 4.89. The van der Waals surface area contributed by atoms with Crippen LogP contribution in [0, 0.1) is 0 Å². The van der Waals surface area contributed by atoms with Crippen molar-refractivity contribution in [1.29, 1.82) is 0 Å². The van der Waals surface area contributed by atoms with Crippen molar-refractivity contribution < 1.29 is 4.74 Å². The van der Waals surface area contributed by atoms with Gasteiger partial charge in [0.15, 0.2) is 0 Å². The summed E-state index contributed by atoms with van der Waals surface area (Å²) in [6.07, 6.45) is 0. The van der Waals surface area contributed by atoms with Crippen LogP contribution in [0.3, 0.4) is 0 Å². The van der Waals surface area contributed by atoms with Gasteiger partial charge in [-0.3, -0.25) is 0 Å². The molecule has 0 heterocycles. The molecule has 0 aliphatic rings. The van der Waals surface area contributed by atoms with Crippen molar-refractivity contribution in [2.75, 3.05) is 7.11 Å². The van der Waals surface area contributed by atoms with Crippen LogP contribution in [0.5, 0.6) is 5.75 Å². The molecule has 1 radical (unpaired) electrons. The Morgan fingerprint density at radius 3 is 1.11 bits per heavy atom. The molecule has 0 bridgehead atoms. The summed E-state index contributed by atoms with van der Waals surface area (Å²) in [4.78, 5) is 0. The molecule has 0 N–H and O–H groups in total. The van der Waals surface area contributed by atoms with Gasteiger partial charge in [-0.15, -0.1) is 0 Å². The van der Waals surface area contributed by atoms with Crippen LogP contribution in [0.25, 0.3) is 0 Å². The molecule has 0 saturated heterocycles. The number of rotatable bonds is 5. The van der Waals surface area contributed by atoms with Gasteiger partial charge in [0.25, 0.3) is 0 Å². The van der Waals surface area contributed by atoms with Gasteiger partial charge in [-0.05, 0) is 0 Å². The first kappa shape index (κ1) is 17.9. The minimum atomic E-state index is -3.27. The van der Waals surface area contributed by atoms with Gasteiger partial charge in [0.05, 0.1) is 0 Å². The van der Waals surface area contributed by atoms with Gasteiger partial charge >= 0.3 is 166 Å². The molecule has 2 heteroatoms. The maximum absolute atomic E-state index is 5.42. The van der Waals surface area contributed by atoms with Gasteiger partial charge < -0.3 is 0 Å². The van der Waals surface area contributed by atoms with Gasteiger partial charge in [-0.2, -0.15) is 0 Å². The minimum absolute atomic E-state index is 0.895. The van der Waals surface area contributed by atoms with Gasteiger partial charge in [0.1, 0.15) is 0 Å². The van der Waals surface area contributed by atoms with E-state index in [0.717, 1.165) is 5.75 Å². The van der Waals surface area contributed by atoms with Crippen LogP contribution in [0.4, 0.5) is 0 Å². The summed E-state index contributed by atoms with van der Waals surface area (Å²) in [7, 11) is 1.72. The Hall–Kier alpha value is -2.50. The quantitative estimate of drug-likeness (QED) is 0.417. The van der Waals surface area contributed by atoms with Crippen LogP contribution in [0.2, 0.25) is 0 Å². The number of hydrogen-bond acceptors (Lipinski definition) is 1. The fourth-order valence-corrected chi connectivity index (χ4v) is 15.8. The summed E-state index contributed by atoms with van der Waals surface area (Å²) in [5, 5.41) is 0. The van der Waals surface area contributed by atoms with E-state index in [0.29, 0.717) is 0 Å². The Balaban J connectivity index is 2.09. The normalized spacial score (nSPS) is 11.1. The maximum atomic E-state index is 5.42. The molecule has 0 fully saturated rings. The fourth-order valence-electron chi connectivity index (χ4n) is 3.66. The van der Waals surface area contributed by atoms with Crippen molar-refractivity contribution in [3.63, 3.8) is 0 Å². The molecule has 0 amide bonds. The van der Waals surface area contributed by atoms with Gasteiger partial charge in [0, 0.05) is 0 Å². The SMILES string of the molecule is COc1cc[c]([Sb]([c]2ccccc2)([c]2ccccc2)[c]2ccccc2)cc1. The van der Waals surface area contributed by atoms with Crippen LogP contribution in [0.15, 0.2) is 115 Å². The Morgan fingerprint density at radius 2 is 0.778 bits per heavy atom. The van der Waals surface area contributed by atoms with Crippen LogP contribution in [0.1, 0.15) is 0 Å². The summed E-state index contributed by atoms with van der Waals surface area (Å²) < 4.78 is 11.2. The molecular weight excluding hydrogens is 438 g/mol. The summed E-state index contributed by atoms with van der Waals surface area (Å²) >= 11 is -3.27. The van der Waals surface area contributed by atoms with Gasteiger partial charge in [0.2, 0.25) is 0 Å². The Bertz CT molecular complexity index is 884. The third-order valence-corrected chi connectivity index (χ3v) is 17.1. The predicted octanol–water partition coefficient (Wildman–Crippen LogP) is 3.07. The second-order valence-electron chi connectivity index (χ2n) is 6.38. The zero-order valence-corrected chi connectivity index (χ0v) is 17.9. The Morgan fingerprint density at radius 1 is 0.444 bits per heavy atom. The zero-order valence-electron chi connectivity index (χ0n) is 15.3. The van der Waals surface area contributed by atoms with Crippen LogP contribution >= 0.6 is 0 Å². The molecular formula is C25H22OSb. The summed E-state index contributed by atoms with van der Waals surface area (Å²) in [6, 6.07) is 41.8. The van der Waals surface area contributed by atoms with Crippen LogP contribution in [-0.2, 0) is 0 Å². The second kappa shape index (κ2) is 8.03. The van der Waals surface area contributed by atoms with Gasteiger partial charge in [-0.25, -0.2) is 0 Å². The van der Waals surface area contributed by atoms with Crippen LogP contribution < -0.4 is 18.8 Å².